The number of unbranched alkanes of at least 4 members (excludes halogenated alkanes) is 1. The molecule has 2 N–H and O–H groups in total. The minimum absolute atomic E-state index is 0. The largest absolute Gasteiger partial charge is 0.457 e. The van der Waals surface area contributed by atoms with Gasteiger partial charge in [0.1, 0.15) is 11.5 Å². The summed E-state index contributed by atoms with van der Waals surface area (Å²) in [4.78, 5) is 18.1. The second-order valence-electron chi connectivity index (χ2n) is 12.3. The van der Waals surface area contributed by atoms with Gasteiger partial charge >= 0.3 is 6.03 Å². The van der Waals surface area contributed by atoms with Gasteiger partial charge in [0, 0.05) is 44.0 Å². The fraction of sp³-hybridized carbons (Fsp3) is 0.594. The lowest BCUT2D eigenvalue weighted by molar-refractivity contribution is 0.160. The summed E-state index contributed by atoms with van der Waals surface area (Å²) in [7, 11) is -3.30. The number of sulfonamides is 1. The second kappa shape index (κ2) is 14.8. The quantitative estimate of drug-likeness (QED) is 0.295. The molecule has 2 aliphatic carbocycles. The van der Waals surface area contributed by atoms with Gasteiger partial charge in [-0.3, -0.25) is 9.62 Å². The summed E-state index contributed by atoms with van der Waals surface area (Å²) in [5, 5.41) is 3.38. The van der Waals surface area contributed by atoms with E-state index in [0.29, 0.717) is 35.4 Å². The van der Waals surface area contributed by atoms with Crippen molar-refractivity contribution in [2.45, 2.75) is 83.3 Å². The number of carbonyl (C=O) groups excluding carboxylic acids is 1. The minimum atomic E-state index is -3.30. The van der Waals surface area contributed by atoms with Gasteiger partial charge in [-0.15, -0.1) is 12.4 Å². The summed E-state index contributed by atoms with van der Waals surface area (Å²) in [6.07, 6.45) is 11.6. The molecule has 5 rings (SSSR count). The molecular formula is C32H47ClN4O4S. The van der Waals surface area contributed by atoms with E-state index < -0.39 is 10.0 Å². The van der Waals surface area contributed by atoms with Crippen LogP contribution in [-0.4, -0.2) is 62.2 Å². The van der Waals surface area contributed by atoms with Crippen molar-refractivity contribution in [3.63, 3.8) is 0 Å². The van der Waals surface area contributed by atoms with Gasteiger partial charge in [-0.25, -0.2) is 13.2 Å². The van der Waals surface area contributed by atoms with Crippen LogP contribution in [0.1, 0.15) is 70.3 Å². The van der Waals surface area contributed by atoms with Crippen LogP contribution in [0.3, 0.4) is 0 Å². The zero-order valence-electron chi connectivity index (χ0n) is 25.0. The molecule has 10 heteroatoms. The van der Waals surface area contributed by atoms with Crippen molar-refractivity contribution in [1.82, 2.24) is 15.1 Å². The predicted octanol–water partition coefficient (Wildman–Crippen LogP) is 6.63. The molecule has 0 bridgehead atoms. The number of amides is 2. The smallest absolute Gasteiger partial charge is 0.317 e. The number of hydrogen-bond donors (Lipinski definition) is 2. The van der Waals surface area contributed by atoms with Crippen LogP contribution in [0.15, 0.2) is 48.5 Å². The Morgan fingerprint density at radius 3 is 2.12 bits per heavy atom. The average Bonchev–Trinajstić information content (AvgIpc) is 3.50. The van der Waals surface area contributed by atoms with Crippen LogP contribution in [0.2, 0.25) is 0 Å². The first-order valence-electron chi connectivity index (χ1n) is 15.4. The summed E-state index contributed by atoms with van der Waals surface area (Å²) < 4.78 is 31.2. The number of anilines is 1. The average molecular weight is 619 g/mol. The highest BCUT2D eigenvalue weighted by Crippen LogP contribution is 2.41. The molecule has 1 heterocycles. The number of nitrogens with zero attached hydrogens (tertiary/aromatic N) is 2. The molecule has 3 atom stereocenters. The highest BCUT2D eigenvalue weighted by atomic mass is 35.5. The Balaban J connectivity index is 0.00000405. The first kappa shape index (κ1) is 32.4. The number of benzene rings is 2. The number of carbonyl (C=O) groups is 1. The first-order chi connectivity index (χ1) is 19.8. The third-order valence-corrected chi connectivity index (χ3v) is 9.52. The molecule has 232 valence electrons. The Hall–Kier alpha value is -2.49. The maximum absolute atomic E-state index is 13.3. The SMILES string of the molecule is CCCCN(C(=O)NC1CCCCC1)C1C[C@@H]2CN(Cc3ccc(Oc4ccc(NS(C)(=O)=O)cc4)cc3)C[C@@H]2C1.Cl. The molecule has 1 aliphatic heterocycles. The standard InChI is InChI=1S/C32H46N4O4S.ClH/c1-3-4-18-36(32(37)33-27-8-6-5-7-9-27)29-19-25-22-35(23-26(25)20-29)21-24-10-14-30(15-11-24)40-31-16-12-28(13-17-31)34-41(2,38)39;/h10-17,25-27,29,34H,3-9,18-23H2,1-2H3,(H,33,37);1H/t25-,26+,29?;. The summed E-state index contributed by atoms with van der Waals surface area (Å²) in [6.45, 7) is 6.19. The van der Waals surface area contributed by atoms with Gasteiger partial charge in [-0.05, 0) is 85.9 Å². The highest BCUT2D eigenvalue weighted by Gasteiger charge is 2.43. The van der Waals surface area contributed by atoms with Gasteiger partial charge in [0.15, 0.2) is 0 Å². The van der Waals surface area contributed by atoms with E-state index in [0.717, 1.165) is 76.7 Å². The summed E-state index contributed by atoms with van der Waals surface area (Å²) >= 11 is 0. The third-order valence-electron chi connectivity index (χ3n) is 8.91. The zero-order chi connectivity index (χ0) is 28.8. The number of likely N-dealkylation sites (tertiary alicyclic amines) is 1. The number of ether oxygens (including phenoxy) is 1. The lowest BCUT2D eigenvalue weighted by Crippen LogP contribution is -2.49. The molecule has 0 spiro atoms. The number of urea groups is 1. The van der Waals surface area contributed by atoms with E-state index >= 15 is 0 Å². The molecular weight excluding hydrogens is 572 g/mol. The van der Waals surface area contributed by atoms with Crippen molar-refractivity contribution in [3.05, 3.63) is 54.1 Å². The molecule has 8 nitrogen and oxygen atoms in total. The monoisotopic (exact) mass is 618 g/mol. The van der Waals surface area contributed by atoms with Crippen LogP contribution in [0, 0.1) is 11.8 Å². The molecule has 42 heavy (non-hydrogen) atoms. The molecule has 1 unspecified atom stereocenters. The Morgan fingerprint density at radius 2 is 1.55 bits per heavy atom. The molecule has 1 saturated heterocycles. The molecule has 0 aromatic heterocycles. The van der Waals surface area contributed by atoms with Crippen molar-refractivity contribution in [1.29, 1.82) is 0 Å². The van der Waals surface area contributed by atoms with Gasteiger partial charge in [0.2, 0.25) is 10.0 Å². The van der Waals surface area contributed by atoms with E-state index in [1.807, 2.05) is 12.1 Å². The highest BCUT2D eigenvalue weighted by molar-refractivity contribution is 7.92. The van der Waals surface area contributed by atoms with E-state index in [4.69, 9.17) is 4.74 Å². The van der Waals surface area contributed by atoms with Crippen molar-refractivity contribution in [2.75, 3.05) is 30.6 Å². The molecule has 3 aliphatic rings. The van der Waals surface area contributed by atoms with E-state index in [2.05, 4.69) is 38.9 Å². The number of nitrogens with one attached hydrogen (secondary N) is 2. The summed E-state index contributed by atoms with van der Waals surface area (Å²) in [5.41, 5.74) is 1.77. The van der Waals surface area contributed by atoms with Crippen LogP contribution >= 0.6 is 12.4 Å². The fourth-order valence-corrected chi connectivity index (χ4v) is 7.46. The summed E-state index contributed by atoms with van der Waals surface area (Å²) in [6, 6.07) is 16.0. The van der Waals surface area contributed by atoms with Crippen molar-refractivity contribution in [2.24, 2.45) is 11.8 Å². The van der Waals surface area contributed by atoms with Crippen LogP contribution in [0.4, 0.5) is 10.5 Å². The molecule has 2 aromatic rings. The summed E-state index contributed by atoms with van der Waals surface area (Å²) in [5.74, 6) is 2.72. The lowest BCUT2D eigenvalue weighted by atomic mass is 9.96. The number of halogens is 1. The first-order valence-corrected chi connectivity index (χ1v) is 17.3. The number of rotatable bonds is 11. The van der Waals surface area contributed by atoms with E-state index in [1.165, 1.54) is 24.8 Å². The normalized spacial score (nSPS) is 22.7. The number of fused-ring (bicyclic) bond motifs is 1. The Kier molecular flexibility index (Phi) is 11.4. The fourth-order valence-electron chi connectivity index (χ4n) is 6.89. The Bertz CT molecular complexity index is 1240. The predicted molar refractivity (Wildman–Crippen MR) is 171 cm³/mol. The number of hydrogen-bond acceptors (Lipinski definition) is 5. The molecule has 2 amide bonds. The second-order valence-corrected chi connectivity index (χ2v) is 14.1. The third kappa shape index (κ3) is 9.01. The van der Waals surface area contributed by atoms with Gasteiger partial charge in [-0.1, -0.05) is 44.7 Å². The Labute approximate surface area is 258 Å². The molecule has 0 radical (unpaired) electrons. The Morgan fingerprint density at radius 1 is 0.952 bits per heavy atom. The van der Waals surface area contributed by atoms with E-state index in [-0.39, 0.29) is 18.4 Å². The van der Waals surface area contributed by atoms with E-state index in [1.54, 1.807) is 24.3 Å². The van der Waals surface area contributed by atoms with Crippen molar-refractivity contribution in [3.8, 4) is 11.5 Å². The van der Waals surface area contributed by atoms with Crippen molar-refractivity contribution < 1.29 is 17.9 Å². The van der Waals surface area contributed by atoms with Crippen LogP contribution < -0.4 is 14.8 Å². The molecule has 3 fully saturated rings. The minimum Gasteiger partial charge on any atom is -0.457 e. The topological polar surface area (TPSA) is 91.0 Å². The van der Waals surface area contributed by atoms with Crippen LogP contribution in [0.5, 0.6) is 11.5 Å². The van der Waals surface area contributed by atoms with Gasteiger partial charge < -0.3 is 15.0 Å². The van der Waals surface area contributed by atoms with Crippen LogP contribution in [0.25, 0.3) is 0 Å². The molecule has 2 saturated carbocycles. The van der Waals surface area contributed by atoms with E-state index in [9.17, 15) is 13.2 Å². The lowest BCUT2D eigenvalue weighted by Gasteiger charge is -2.33. The molecule has 2 aromatic carbocycles. The van der Waals surface area contributed by atoms with Gasteiger partial charge in [0.05, 0.1) is 6.26 Å². The van der Waals surface area contributed by atoms with Crippen LogP contribution in [-0.2, 0) is 16.6 Å². The van der Waals surface area contributed by atoms with Crippen molar-refractivity contribution >= 4 is 34.1 Å². The maximum atomic E-state index is 13.3. The zero-order valence-corrected chi connectivity index (χ0v) is 26.6. The maximum Gasteiger partial charge on any atom is 0.317 e. The van der Waals surface area contributed by atoms with Gasteiger partial charge in [-0.2, -0.15) is 0 Å². The van der Waals surface area contributed by atoms with Gasteiger partial charge in [0.25, 0.3) is 0 Å².